The number of sulfonamides is 1. The number of hydrogen-bond donors (Lipinski definition) is 0. The molecule has 0 saturated heterocycles. The Balaban J connectivity index is 4.05. The first-order valence-electron chi connectivity index (χ1n) is 2.19. The van der Waals surface area contributed by atoms with Crippen LogP contribution in [0.15, 0.2) is 0 Å². The van der Waals surface area contributed by atoms with Gasteiger partial charge in [0.05, 0.1) is 5.75 Å². The van der Waals surface area contributed by atoms with Crippen LogP contribution in [-0.2, 0) is 10.0 Å². The van der Waals surface area contributed by atoms with E-state index in [9.17, 15) is 17.3 Å². The number of nitrogens with zero attached hydrogens (tertiary/aromatic N) is 1. The first kappa shape index (κ1) is 8.77. The first-order chi connectivity index (χ1) is 4.00. The van der Waals surface area contributed by atoms with Gasteiger partial charge in [-0.25, -0.2) is 12.8 Å². The van der Waals surface area contributed by atoms with Crippen LogP contribution in [0, 0.1) is 0 Å². The average molecular weight is 159 g/mol. The monoisotopic (exact) mass is 159 g/mol. The molecule has 0 radical (unpaired) electrons. The molecule has 0 aliphatic rings. The Kier molecular flexibility index (Phi) is 2.99. The van der Waals surface area contributed by atoms with E-state index in [0.717, 1.165) is 0 Å². The van der Waals surface area contributed by atoms with Crippen LogP contribution in [0.4, 0.5) is 8.87 Å². The Morgan fingerprint density at radius 3 is 2.11 bits per heavy atom. The highest BCUT2D eigenvalue weighted by Crippen LogP contribution is 1.96. The van der Waals surface area contributed by atoms with Crippen molar-refractivity contribution in [3.8, 4) is 0 Å². The number of rotatable bonds is 3. The lowest BCUT2D eigenvalue weighted by Gasteiger charge is -2.02. The van der Waals surface area contributed by atoms with Crippen LogP contribution in [0.5, 0.6) is 0 Å². The van der Waals surface area contributed by atoms with E-state index in [0.29, 0.717) is 7.05 Å². The minimum atomic E-state index is -3.96. The second-order valence-electron chi connectivity index (χ2n) is 1.40. The van der Waals surface area contributed by atoms with Gasteiger partial charge >= 0.3 is 0 Å². The smallest absolute Gasteiger partial charge is 0.242 e. The fraction of sp³-hybridized carbons (Fsp3) is 1.00. The standard InChI is InChI=1S/C3H7F2NO2S/c1-6(5)9(7,8)3-2-4/h2-3H2,1H3. The van der Waals surface area contributed by atoms with E-state index in [1.165, 1.54) is 0 Å². The van der Waals surface area contributed by atoms with Crippen molar-refractivity contribution in [2.24, 2.45) is 0 Å². The lowest BCUT2D eigenvalue weighted by atomic mass is 10.9. The van der Waals surface area contributed by atoms with E-state index in [2.05, 4.69) is 0 Å². The molecule has 0 aromatic carbocycles. The number of hydrogen-bond acceptors (Lipinski definition) is 2. The van der Waals surface area contributed by atoms with Crippen LogP contribution in [0.25, 0.3) is 0 Å². The summed E-state index contributed by atoms with van der Waals surface area (Å²) in [6.07, 6.45) is 0. The van der Waals surface area contributed by atoms with E-state index >= 15 is 0 Å². The normalized spacial score (nSPS) is 12.4. The van der Waals surface area contributed by atoms with Gasteiger partial charge in [0.1, 0.15) is 6.67 Å². The van der Waals surface area contributed by atoms with Gasteiger partial charge in [-0.05, 0) is 4.53 Å². The van der Waals surface area contributed by atoms with E-state index in [1.54, 1.807) is 0 Å². The van der Waals surface area contributed by atoms with Crippen molar-refractivity contribution in [3.63, 3.8) is 0 Å². The summed E-state index contributed by atoms with van der Waals surface area (Å²) in [7, 11) is -3.24. The fourth-order valence-electron chi connectivity index (χ4n) is 0.223. The average Bonchev–Trinajstić information content (AvgIpc) is 1.65. The number of alkyl halides is 1. The molecule has 0 bridgehead atoms. The summed E-state index contributed by atoms with van der Waals surface area (Å²) in [4.78, 5) is 0. The molecule has 0 rings (SSSR count). The molecule has 0 aliphatic heterocycles. The molecule has 0 unspecified atom stereocenters. The zero-order chi connectivity index (χ0) is 7.49. The predicted molar refractivity (Wildman–Crippen MR) is 28.6 cm³/mol. The van der Waals surface area contributed by atoms with Crippen molar-refractivity contribution in [1.29, 1.82) is 0 Å². The van der Waals surface area contributed by atoms with Crippen LogP contribution in [-0.4, -0.2) is 32.4 Å². The summed E-state index contributed by atoms with van der Waals surface area (Å²) >= 11 is 0. The van der Waals surface area contributed by atoms with Crippen molar-refractivity contribution < 1.29 is 17.3 Å². The lowest BCUT2D eigenvalue weighted by Crippen LogP contribution is -2.22. The van der Waals surface area contributed by atoms with Crippen LogP contribution < -0.4 is 0 Å². The highest BCUT2D eigenvalue weighted by atomic mass is 32.2. The van der Waals surface area contributed by atoms with Gasteiger partial charge in [0.15, 0.2) is 0 Å². The van der Waals surface area contributed by atoms with Crippen molar-refractivity contribution in [3.05, 3.63) is 0 Å². The second-order valence-corrected chi connectivity index (χ2v) is 3.47. The molecule has 9 heavy (non-hydrogen) atoms. The second kappa shape index (κ2) is 3.07. The van der Waals surface area contributed by atoms with Crippen molar-refractivity contribution in [2.45, 2.75) is 0 Å². The molecule has 0 atom stereocenters. The zero-order valence-electron chi connectivity index (χ0n) is 4.84. The largest absolute Gasteiger partial charge is 0.250 e. The van der Waals surface area contributed by atoms with Gasteiger partial charge in [0.25, 0.3) is 0 Å². The van der Waals surface area contributed by atoms with Crippen LogP contribution in [0.3, 0.4) is 0 Å². The molecule has 0 N–H and O–H groups in total. The van der Waals surface area contributed by atoms with Gasteiger partial charge in [0.2, 0.25) is 10.0 Å². The van der Waals surface area contributed by atoms with Crippen molar-refractivity contribution in [1.82, 2.24) is 4.53 Å². The molecular formula is C3H7F2NO2S. The maximum absolute atomic E-state index is 11.7. The topological polar surface area (TPSA) is 37.4 Å². The van der Waals surface area contributed by atoms with Gasteiger partial charge in [-0.1, -0.05) is 0 Å². The predicted octanol–water partition coefficient (Wildman–Crippen LogP) is 0.102. The minimum absolute atomic E-state index is 0.493. The summed E-state index contributed by atoms with van der Waals surface area (Å²) in [5.41, 5.74) is 0. The maximum atomic E-state index is 11.7. The Hall–Kier alpha value is -0.230. The molecule has 0 aliphatic carbocycles. The zero-order valence-corrected chi connectivity index (χ0v) is 5.66. The van der Waals surface area contributed by atoms with E-state index in [1.807, 2.05) is 0 Å². The molecule has 0 fully saturated rings. The summed E-state index contributed by atoms with van der Waals surface area (Å²) < 4.78 is 43.0. The molecule has 56 valence electrons. The molecule has 6 heteroatoms. The van der Waals surface area contributed by atoms with Gasteiger partial charge in [-0.2, -0.15) is 0 Å². The van der Waals surface area contributed by atoms with Crippen LogP contribution in [0.2, 0.25) is 0 Å². The lowest BCUT2D eigenvalue weighted by molar-refractivity contribution is 0.177. The molecule has 0 amide bonds. The third-order valence-electron chi connectivity index (χ3n) is 0.718. The Morgan fingerprint density at radius 1 is 1.56 bits per heavy atom. The van der Waals surface area contributed by atoms with Gasteiger partial charge < -0.3 is 0 Å². The quantitative estimate of drug-likeness (QED) is 0.548. The van der Waals surface area contributed by atoms with Gasteiger partial charge in [-0.15, -0.1) is 4.48 Å². The van der Waals surface area contributed by atoms with Gasteiger partial charge in [-0.3, -0.25) is 0 Å². The summed E-state index contributed by atoms with van der Waals surface area (Å²) in [5.74, 6) is -0.792. The van der Waals surface area contributed by atoms with E-state index < -0.39 is 27.0 Å². The van der Waals surface area contributed by atoms with Crippen LogP contribution >= 0.6 is 0 Å². The minimum Gasteiger partial charge on any atom is -0.250 e. The Labute approximate surface area is 52.3 Å². The Bertz CT molecular complexity index is 165. The SMILES string of the molecule is CN(F)S(=O)(=O)CCF. The first-order valence-corrected chi connectivity index (χ1v) is 3.80. The highest BCUT2D eigenvalue weighted by Gasteiger charge is 2.15. The highest BCUT2D eigenvalue weighted by molar-refractivity contribution is 7.88. The fourth-order valence-corrected chi connectivity index (χ4v) is 0.670. The summed E-state index contributed by atoms with van der Waals surface area (Å²) in [6, 6.07) is 0. The molecule has 0 aromatic rings. The van der Waals surface area contributed by atoms with Crippen LogP contribution in [0.1, 0.15) is 0 Å². The molecular weight excluding hydrogens is 152 g/mol. The molecule has 3 nitrogen and oxygen atoms in total. The third-order valence-corrected chi connectivity index (χ3v) is 2.16. The Morgan fingerprint density at radius 2 is 2.00 bits per heavy atom. The molecule has 0 heterocycles. The van der Waals surface area contributed by atoms with Gasteiger partial charge in [0, 0.05) is 7.05 Å². The molecule has 0 saturated carbocycles. The van der Waals surface area contributed by atoms with Crippen molar-refractivity contribution >= 4 is 10.0 Å². The number of halogens is 2. The maximum Gasteiger partial charge on any atom is 0.242 e. The summed E-state index contributed by atoms with van der Waals surface area (Å²) in [5, 5.41) is 0. The molecule has 0 aromatic heterocycles. The van der Waals surface area contributed by atoms with Crippen molar-refractivity contribution in [2.75, 3.05) is 19.5 Å². The third kappa shape index (κ3) is 2.71. The van der Waals surface area contributed by atoms with E-state index in [4.69, 9.17) is 0 Å². The van der Waals surface area contributed by atoms with E-state index in [-0.39, 0.29) is 0 Å². The summed E-state index contributed by atoms with van der Waals surface area (Å²) in [6.45, 7) is -1.06. The molecule has 0 spiro atoms.